The predicted molar refractivity (Wildman–Crippen MR) is 77.8 cm³/mol. The SMILES string of the molecule is CCNc1ccccc1S(=O)(=O)N(C)CC1CCC1. The topological polar surface area (TPSA) is 49.4 Å². The minimum absolute atomic E-state index is 0.374. The van der Waals surface area contributed by atoms with Crippen LogP contribution in [0.25, 0.3) is 0 Å². The zero-order valence-electron chi connectivity index (χ0n) is 11.6. The van der Waals surface area contributed by atoms with Gasteiger partial charge in [0.05, 0.1) is 5.69 Å². The first-order valence-electron chi connectivity index (χ1n) is 6.85. The quantitative estimate of drug-likeness (QED) is 0.872. The van der Waals surface area contributed by atoms with Gasteiger partial charge in [-0.25, -0.2) is 12.7 Å². The summed E-state index contributed by atoms with van der Waals surface area (Å²) in [7, 11) is -1.72. The van der Waals surface area contributed by atoms with Crippen LogP contribution in [0.5, 0.6) is 0 Å². The molecular weight excluding hydrogens is 260 g/mol. The Labute approximate surface area is 115 Å². The van der Waals surface area contributed by atoms with Crippen molar-refractivity contribution in [1.82, 2.24) is 4.31 Å². The minimum atomic E-state index is -3.39. The van der Waals surface area contributed by atoms with Crippen LogP contribution in [0.2, 0.25) is 0 Å². The van der Waals surface area contributed by atoms with E-state index in [9.17, 15) is 8.42 Å². The zero-order valence-corrected chi connectivity index (χ0v) is 12.4. The lowest BCUT2D eigenvalue weighted by atomic mass is 9.86. The van der Waals surface area contributed by atoms with E-state index in [-0.39, 0.29) is 0 Å². The number of rotatable bonds is 6. The maximum Gasteiger partial charge on any atom is 0.244 e. The molecule has 0 aliphatic heterocycles. The summed E-state index contributed by atoms with van der Waals surface area (Å²) >= 11 is 0. The van der Waals surface area contributed by atoms with Crippen molar-refractivity contribution < 1.29 is 8.42 Å². The molecule has 1 N–H and O–H groups in total. The number of para-hydroxylation sites is 1. The van der Waals surface area contributed by atoms with E-state index in [0.29, 0.717) is 29.6 Å². The number of nitrogens with one attached hydrogen (secondary N) is 1. The summed E-state index contributed by atoms with van der Waals surface area (Å²) in [6.07, 6.45) is 3.52. The molecule has 19 heavy (non-hydrogen) atoms. The van der Waals surface area contributed by atoms with E-state index in [0.717, 1.165) is 12.8 Å². The van der Waals surface area contributed by atoms with Crippen LogP contribution in [-0.2, 0) is 10.0 Å². The van der Waals surface area contributed by atoms with Gasteiger partial charge in [-0.1, -0.05) is 18.6 Å². The molecule has 0 aromatic heterocycles. The fourth-order valence-electron chi connectivity index (χ4n) is 2.33. The average Bonchev–Trinajstić information content (AvgIpc) is 2.34. The highest BCUT2D eigenvalue weighted by atomic mass is 32.2. The summed E-state index contributed by atoms with van der Waals surface area (Å²) in [6, 6.07) is 7.10. The highest BCUT2D eigenvalue weighted by Gasteiger charge is 2.28. The van der Waals surface area contributed by atoms with Gasteiger partial charge in [0.15, 0.2) is 0 Å². The third-order valence-electron chi connectivity index (χ3n) is 3.68. The molecule has 0 spiro atoms. The highest BCUT2D eigenvalue weighted by molar-refractivity contribution is 7.89. The van der Waals surface area contributed by atoms with Crippen molar-refractivity contribution in [2.24, 2.45) is 5.92 Å². The number of nitrogens with zero attached hydrogens (tertiary/aromatic N) is 1. The number of sulfonamides is 1. The molecule has 0 amide bonds. The summed E-state index contributed by atoms with van der Waals surface area (Å²) in [4.78, 5) is 0.374. The van der Waals surface area contributed by atoms with E-state index in [1.54, 1.807) is 19.2 Å². The molecule has 1 aliphatic rings. The van der Waals surface area contributed by atoms with Crippen molar-refractivity contribution in [3.8, 4) is 0 Å². The van der Waals surface area contributed by atoms with Crippen molar-refractivity contribution in [2.75, 3.05) is 25.5 Å². The second-order valence-corrected chi connectivity index (χ2v) is 7.12. The van der Waals surface area contributed by atoms with Crippen molar-refractivity contribution in [3.63, 3.8) is 0 Å². The van der Waals surface area contributed by atoms with Gasteiger partial charge in [-0.15, -0.1) is 0 Å². The zero-order chi connectivity index (χ0) is 13.9. The third-order valence-corrected chi connectivity index (χ3v) is 5.56. The fourth-order valence-corrected chi connectivity index (χ4v) is 3.74. The largest absolute Gasteiger partial charge is 0.384 e. The van der Waals surface area contributed by atoms with Crippen LogP contribution in [0.4, 0.5) is 5.69 Å². The van der Waals surface area contributed by atoms with Gasteiger partial charge in [0.1, 0.15) is 4.90 Å². The molecule has 0 unspecified atom stereocenters. The molecular formula is C14H22N2O2S. The monoisotopic (exact) mass is 282 g/mol. The van der Waals surface area contributed by atoms with Crippen molar-refractivity contribution >= 4 is 15.7 Å². The highest BCUT2D eigenvalue weighted by Crippen LogP contribution is 2.30. The maximum absolute atomic E-state index is 12.6. The van der Waals surface area contributed by atoms with Gasteiger partial charge in [0, 0.05) is 20.1 Å². The number of anilines is 1. The average molecular weight is 282 g/mol. The van der Waals surface area contributed by atoms with E-state index in [4.69, 9.17) is 0 Å². The van der Waals surface area contributed by atoms with Crippen LogP contribution < -0.4 is 5.32 Å². The smallest absolute Gasteiger partial charge is 0.244 e. The Morgan fingerprint density at radius 1 is 1.32 bits per heavy atom. The van der Waals surface area contributed by atoms with Gasteiger partial charge in [0.2, 0.25) is 10.0 Å². The molecule has 0 atom stereocenters. The first-order chi connectivity index (χ1) is 9.05. The van der Waals surface area contributed by atoms with Gasteiger partial charge in [-0.2, -0.15) is 0 Å². The van der Waals surface area contributed by atoms with Crippen LogP contribution in [0.3, 0.4) is 0 Å². The third kappa shape index (κ3) is 3.09. The van der Waals surface area contributed by atoms with E-state index >= 15 is 0 Å². The van der Waals surface area contributed by atoms with E-state index in [1.807, 2.05) is 19.1 Å². The molecule has 0 bridgehead atoms. The van der Waals surface area contributed by atoms with Crippen LogP contribution in [-0.4, -0.2) is 32.9 Å². The molecule has 1 aliphatic carbocycles. The minimum Gasteiger partial charge on any atom is -0.384 e. The Kier molecular flexibility index (Phi) is 4.47. The van der Waals surface area contributed by atoms with Crippen LogP contribution in [0, 0.1) is 5.92 Å². The van der Waals surface area contributed by atoms with Gasteiger partial charge in [-0.3, -0.25) is 0 Å². The molecule has 106 valence electrons. The molecule has 4 nitrogen and oxygen atoms in total. The van der Waals surface area contributed by atoms with Crippen molar-refractivity contribution in [1.29, 1.82) is 0 Å². The van der Waals surface area contributed by atoms with Crippen LogP contribution >= 0.6 is 0 Å². The molecule has 0 saturated heterocycles. The summed E-state index contributed by atoms with van der Waals surface area (Å²) in [5, 5.41) is 3.11. The lowest BCUT2D eigenvalue weighted by Gasteiger charge is -2.30. The van der Waals surface area contributed by atoms with E-state index in [2.05, 4.69) is 5.32 Å². The van der Waals surface area contributed by atoms with Gasteiger partial charge >= 0.3 is 0 Å². The van der Waals surface area contributed by atoms with Gasteiger partial charge in [-0.05, 0) is 37.8 Å². The molecule has 1 fully saturated rings. The van der Waals surface area contributed by atoms with Crippen molar-refractivity contribution in [3.05, 3.63) is 24.3 Å². The maximum atomic E-state index is 12.6. The summed E-state index contributed by atoms with van der Waals surface area (Å²) in [5.41, 5.74) is 0.686. The molecule has 1 aromatic rings. The van der Waals surface area contributed by atoms with Gasteiger partial charge < -0.3 is 5.32 Å². The lowest BCUT2D eigenvalue weighted by Crippen LogP contribution is -2.34. The molecule has 1 saturated carbocycles. The normalized spacial score (nSPS) is 16.4. The van der Waals surface area contributed by atoms with Gasteiger partial charge in [0.25, 0.3) is 0 Å². The number of hydrogen-bond donors (Lipinski definition) is 1. The Balaban J connectivity index is 2.22. The second-order valence-electron chi connectivity index (χ2n) is 5.11. The van der Waals surface area contributed by atoms with E-state index in [1.165, 1.54) is 10.7 Å². The summed E-state index contributed by atoms with van der Waals surface area (Å²) in [6.45, 7) is 3.29. The number of benzene rings is 1. The first kappa shape index (κ1) is 14.3. The Morgan fingerprint density at radius 2 is 2.00 bits per heavy atom. The first-order valence-corrected chi connectivity index (χ1v) is 8.29. The second kappa shape index (κ2) is 5.92. The predicted octanol–water partition coefficient (Wildman–Crippen LogP) is 2.54. The summed E-state index contributed by atoms with van der Waals surface area (Å²) in [5.74, 6) is 0.533. The molecule has 5 heteroatoms. The van der Waals surface area contributed by atoms with Crippen LogP contribution in [0.15, 0.2) is 29.2 Å². The fraction of sp³-hybridized carbons (Fsp3) is 0.571. The Hall–Kier alpha value is -1.07. The van der Waals surface area contributed by atoms with Crippen LogP contribution in [0.1, 0.15) is 26.2 Å². The number of hydrogen-bond acceptors (Lipinski definition) is 3. The van der Waals surface area contributed by atoms with E-state index < -0.39 is 10.0 Å². The molecule has 0 heterocycles. The molecule has 0 radical (unpaired) electrons. The molecule has 1 aromatic carbocycles. The Bertz CT molecular complexity index is 524. The Morgan fingerprint density at radius 3 is 2.58 bits per heavy atom. The summed E-state index contributed by atoms with van der Waals surface area (Å²) < 4.78 is 26.7. The molecule has 2 rings (SSSR count). The standard InChI is InChI=1S/C14H22N2O2S/c1-3-15-13-9-4-5-10-14(13)19(17,18)16(2)11-12-7-6-8-12/h4-5,9-10,12,15H,3,6-8,11H2,1-2H3. The lowest BCUT2D eigenvalue weighted by molar-refractivity contribution is 0.263. The van der Waals surface area contributed by atoms with Crippen molar-refractivity contribution in [2.45, 2.75) is 31.1 Å².